The highest BCUT2D eigenvalue weighted by molar-refractivity contribution is 5.75. The zero-order valence-electron chi connectivity index (χ0n) is 5.06. The van der Waals surface area contributed by atoms with Crippen molar-refractivity contribution in [3.8, 4) is 0 Å². The van der Waals surface area contributed by atoms with Gasteiger partial charge in [-0.3, -0.25) is 0 Å². The van der Waals surface area contributed by atoms with Gasteiger partial charge in [-0.05, 0) is 25.5 Å². The monoisotopic (exact) mass is 124 g/mol. The van der Waals surface area contributed by atoms with E-state index < -0.39 is 0 Å². The second kappa shape index (κ2) is 2.72. The lowest BCUT2D eigenvalue weighted by Crippen LogP contribution is -1.63. The first-order chi connectivity index (χ1) is 3.30. The molecule has 0 bridgehead atoms. The minimum absolute atomic E-state index is 0. The highest BCUT2D eigenvalue weighted by Crippen LogP contribution is 2.04. The second-order valence-corrected chi connectivity index (χ2v) is 1.66. The Hall–Kier alpha value is -0.503. The van der Waals surface area contributed by atoms with E-state index in [1.54, 1.807) is 6.26 Å². The van der Waals surface area contributed by atoms with Gasteiger partial charge in [0, 0.05) is 11.0 Å². The van der Waals surface area contributed by atoms with Crippen LogP contribution in [0.5, 0.6) is 0 Å². The summed E-state index contributed by atoms with van der Waals surface area (Å²) in [7, 11) is 0. The SMILES string of the molecule is Cc1ccoc1C.[Si]. The Balaban J connectivity index is 0.000000490. The van der Waals surface area contributed by atoms with Crippen molar-refractivity contribution >= 4 is 11.0 Å². The molecule has 0 atom stereocenters. The van der Waals surface area contributed by atoms with Gasteiger partial charge in [-0.25, -0.2) is 0 Å². The van der Waals surface area contributed by atoms with Crippen LogP contribution in [0.1, 0.15) is 11.3 Å². The molecule has 1 nitrogen and oxygen atoms in total. The van der Waals surface area contributed by atoms with E-state index in [1.165, 1.54) is 5.56 Å². The van der Waals surface area contributed by atoms with E-state index in [0.717, 1.165) is 5.76 Å². The summed E-state index contributed by atoms with van der Waals surface area (Å²) in [5.74, 6) is 1.01. The Bertz CT molecular complexity index is 141. The number of hydrogen-bond acceptors (Lipinski definition) is 1. The van der Waals surface area contributed by atoms with Crippen molar-refractivity contribution in [3.05, 3.63) is 23.7 Å². The summed E-state index contributed by atoms with van der Waals surface area (Å²) < 4.78 is 4.96. The molecule has 2 heteroatoms. The highest BCUT2D eigenvalue weighted by Gasteiger charge is 1.88. The van der Waals surface area contributed by atoms with Crippen LogP contribution in [-0.4, -0.2) is 11.0 Å². The zero-order chi connectivity index (χ0) is 5.28. The molecule has 0 aliphatic rings. The third kappa shape index (κ3) is 1.23. The van der Waals surface area contributed by atoms with Crippen LogP contribution in [0.3, 0.4) is 0 Å². The lowest BCUT2D eigenvalue weighted by molar-refractivity contribution is 0.532. The summed E-state index contributed by atoms with van der Waals surface area (Å²) in [6.45, 7) is 3.98. The smallest absolute Gasteiger partial charge is 0.103 e. The average Bonchev–Trinajstić information content (AvgIpc) is 1.91. The largest absolute Gasteiger partial charge is 0.469 e. The second-order valence-electron chi connectivity index (χ2n) is 1.66. The van der Waals surface area contributed by atoms with Crippen LogP contribution in [0.2, 0.25) is 0 Å². The van der Waals surface area contributed by atoms with E-state index in [4.69, 9.17) is 4.42 Å². The lowest BCUT2D eigenvalue weighted by atomic mass is 10.3. The predicted molar refractivity (Wildman–Crippen MR) is 33.9 cm³/mol. The fourth-order valence-corrected chi connectivity index (χ4v) is 0.448. The maximum Gasteiger partial charge on any atom is 0.103 e. The molecule has 0 saturated heterocycles. The summed E-state index contributed by atoms with van der Waals surface area (Å²) in [4.78, 5) is 0. The van der Waals surface area contributed by atoms with Gasteiger partial charge in [0.25, 0.3) is 0 Å². The van der Waals surface area contributed by atoms with E-state index in [9.17, 15) is 0 Å². The van der Waals surface area contributed by atoms with Gasteiger partial charge in [0.2, 0.25) is 0 Å². The predicted octanol–water partition coefficient (Wildman–Crippen LogP) is 1.52. The standard InChI is InChI=1S/C6H8O.Si/c1-5-3-4-7-6(5)2;/h3-4H,1-2H3;. The molecule has 4 radical (unpaired) electrons. The third-order valence-electron chi connectivity index (χ3n) is 1.12. The molecule has 1 heterocycles. The van der Waals surface area contributed by atoms with E-state index in [0.29, 0.717) is 0 Å². The third-order valence-corrected chi connectivity index (χ3v) is 1.12. The molecule has 1 aromatic rings. The Labute approximate surface area is 53.7 Å². The van der Waals surface area contributed by atoms with Gasteiger partial charge in [0.05, 0.1) is 6.26 Å². The van der Waals surface area contributed by atoms with Crippen LogP contribution in [0.15, 0.2) is 16.7 Å². The Morgan fingerprint density at radius 2 is 2.00 bits per heavy atom. The van der Waals surface area contributed by atoms with Crippen molar-refractivity contribution in [1.29, 1.82) is 0 Å². The molecule has 1 aromatic heterocycles. The fourth-order valence-electron chi connectivity index (χ4n) is 0.448. The number of furan rings is 1. The quantitative estimate of drug-likeness (QED) is 0.478. The van der Waals surface area contributed by atoms with Gasteiger partial charge >= 0.3 is 0 Å². The molecule has 0 saturated carbocycles. The molecular weight excluding hydrogens is 116 g/mol. The molecule has 0 aromatic carbocycles. The summed E-state index contributed by atoms with van der Waals surface area (Å²) >= 11 is 0. The maximum atomic E-state index is 4.96. The molecule has 0 aliphatic carbocycles. The summed E-state index contributed by atoms with van der Waals surface area (Å²) in [6, 6.07) is 1.95. The number of aryl methyl sites for hydroxylation is 2. The molecule has 1 rings (SSSR count). The first-order valence-electron chi connectivity index (χ1n) is 2.31. The number of hydrogen-bond donors (Lipinski definition) is 0. The fraction of sp³-hybridized carbons (Fsp3) is 0.333. The molecule has 0 unspecified atom stereocenters. The van der Waals surface area contributed by atoms with Crippen molar-refractivity contribution in [2.45, 2.75) is 13.8 Å². The molecule has 0 aliphatic heterocycles. The zero-order valence-corrected chi connectivity index (χ0v) is 6.06. The molecule has 0 fully saturated rings. The summed E-state index contributed by atoms with van der Waals surface area (Å²) in [5, 5.41) is 0. The van der Waals surface area contributed by atoms with E-state index in [2.05, 4.69) is 0 Å². The van der Waals surface area contributed by atoms with Crippen LogP contribution < -0.4 is 0 Å². The van der Waals surface area contributed by atoms with Crippen LogP contribution >= 0.6 is 0 Å². The van der Waals surface area contributed by atoms with Crippen molar-refractivity contribution in [2.24, 2.45) is 0 Å². The van der Waals surface area contributed by atoms with Gasteiger partial charge in [-0.15, -0.1) is 0 Å². The Morgan fingerprint density at radius 3 is 2.12 bits per heavy atom. The lowest BCUT2D eigenvalue weighted by Gasteiger charge is -1.79. The van der Waals surface area contributed by atoms with Crippen LogP contribution in [0, 0.1) is 13.8 Å². The number of rotatable bonds is 0. The van der Waals surface area contributed by atoms with Crippen molar-refractivity contribution < 1.29 is 4.42 Å². The normalized spacial score (nSPS) is 8.25. The van der Waals surface area contributed by atoms with Gasteiger partial charge in [0.1, 0.15) is 5.76 Å². The summed E-state index contributed by atoms with van der Waals surface area (Å²) in [5.41, 5.74) is 1.22. The topological polar surface area (TPSA) is 13.1 Å². The van der Waals surface area contributed by atoms with E-state index >= 15 is 0 Å². The molecule has 0 N–H and O–H groups in total. The van der Waals surface area contributed by atoms with Crippen LogP contribution in [0.4, 0.5) is 0 Å². The van der Waals surface area contributed by atoms with E-state index in [1.807, 2.05) is 19.9 Å². The molecule has 0 amide bonds. The van der Waals surface area contributed by atoms with Crippen molar-refractivity contribution in [1.82, 2.24) is 0 Å². The summed E-state index contributed by atoms with van der Waals surface area (Å²) in [6.07, 6.45) is 1.70. The molecule has 8 heavy (non-hydrogen) atoms. The highest BCUT2D eigenvalue weighted by atomic mass is 28.1. The molecule has 42 valence electrons. The maximum absolute atomic E-state index is 4.96. The van der Waals surface area contributed by atoms with E-state index in [-0.39, 0.29) is 11.0 Å². The average molecular weight is 124 g/mol. The van der Waals surface area contributed by atoms with Gasteiger partial charge in [-0.1, -0.05) is 0 Å². The van der Waals surface area contributed by atoms with Gasteiger partial charge in [-0.2, -0.15) is 0 Å². The van der Waals surface area contributed by atoms with Crippen LogP contribution in [-0.2, 0) is 0 Å². The Morgan fingerprint density at radius 1 is 1.38 bits per heavy atom. The minimum Gasteiger partial charge on any atom is -0.469 e. The van der Waals surface area contributed by atoms with Gasteiger partial charge in [0.15, 0.2) is 0 Å². The Kier molecular flexibility index (Phi) is 2.55. The van der Waals surface area contributed by atoms with Crippen molar-refractivity contribution in [2.75, 3.05) is 0 Å². The minimum atomic E-state index is 0. The van der Waals surface area contributed by atoms with Gasteiger partial charge < -0.3 is 4.42 Å². The molecular formula is C6H8OSi. The first-order valence-corrected chi connectivity index (χ1v) is 2.31. The van der Waals surface area contributed by atoms with Crippen LogP contribution in [0.25, 0.3) is 0 Å². The molecule has 0 spiro atoms. The first kappa shape index (κ1) is 7.50. The van der Waals surface area contributed by atoms with Crippen molar-refractivity contribution in [3.63, 3.8) is 0 Å².